The maximum atomic E-state index is 5.53. The van der Waals surface area contributed by atoms with Crippen molar-refractivity contribution in [3.05, 3.63) is 23.7 Å². The van der Waals surface area contributed by atoms with Crippen LogP contribution in [0.5, 0.6) is 0 Å². The fourth-order valence-corrected chi connectivity index (χ4v) is 2.47. The standard InChI is InChI=1S/C13H21NO/c1-10-7-8-13(15-10)9-14-11(2)12-5-3-4-6-12/h7-8,11-12,14H,3-6,9H2,1-2H3/t11-/m0/s1. The Hall–Kier alpha value is -0.760. The van der Waals surface area contributed by atoms with E-state index in [4.69, 9.17) is 4.42 Å². The van der Waals surface area contributed by atoms with E-state index < -0.39 is 0 Å². The summed E-state index contributed by atoms with van der Waals surface area (Å²) < 4.78 is 5.53. The van der Waals surface area contributed by atoms with Crippen LogP contribution in [-0.4, -0.2) is 6.04 Å². The van der Waals surface area contributed by atoms with Gasteiger partial charge in [-0.15, -0.1) is 0 Å². The van der Waals surface area contributed by atoms with Crippen molar-refractivity contribution < 1.29 is 4.42 Å². The molecule has 1 fully saturated rings. The molecule has 0 radical (unpaired) electrons. The molecule has 0 aliphatic heterocycles. The zero-order valence-electron chi connectivity index (χ0n) is 9.75. The molecule has 0 bridgehead atoms. The Kier molecular flexibility index (Phi) is 3.47. The van der Waals surface area contributed by atoms with Crippen molar-refractivity contribution in [2.75, 3.05) is 0 Å². The molecule has 15 heavy (non-hydrogen) atoms. The summed E-state index contributed by atoms with van der Waals surface area (Å²) in [5.41, 5.74) is 0. The van der Waals surface area contributed by atoms with Crippen LogP contribution in [0.4, 0.5) is 0 Å². The first kappa shape index (κ1) is 10.7. The van der Waals surface area contributed by atoms with Crippen molar-refractivity contribution in [2.45, 2.75) is 52.1 Å². The predicted molar refractivity (Wildman–Crippen MR) is 61.7 cm³/mol. The van der Waals surface area contributed by atoms with Gasteiger partial charge in [-0.1, -0.05) is 12.8 Å². The topological polar surface area (TPSA) is 25.2 Å². The molecular weight excluding hydrogens is 186 g/mol. The van der Waals surface area contributed by atoms with Gasteiger partial charge < -0.3 is 9.73 Å². The summed E-state index contributed by atoms with van der Waals surface area (Å²) in [5.74, 6) is 2.93. The van der Waals surface area contributed by atoms with Crippen molar-refractivity contribution >= 4 is 0 Å². The van der Waals surface area contributed by atoms with Gasteiger partial charge in [0.05, 0.1) is 6.54 Å². The molecule has 2 nitrogen and oxygen atoms in total. The molecule has 84 valence electrons. The molecule has 0 unspecified atom stereocenters. The van der Waals surface area contributed by atoms with Crippen LogP contribution >= 0.6 is 0 Å². The molecule has 1 aliphatic carbocycles. The van der Waals surface area contributed by atoms with Gasteiger partial charge in [-0.2, -0.15) is 0 Å². The molecule has 1 N–H and O–H groups in total. The van der Waals surface area contributed by atoms with Crippen LogP contribution in [0.25, 0.3) is 0 Å². The molecule has 2 heteroatoms. The summed E-state index contributed by atoms with van der Waals surface area (Å²) in [4.78, 5) is 0. The van der Waals surface area contributed by atoms with E-state index in [1.54, 1.807) is 0 Å². The van der Waals surface area contributed by atoms with E-state index >= 15 is 0 Å². The van der Waals surface area contributed by atoms with Gasteiger partial charge in [0.2, 0.25) is 0 Å². The number of hydrogen-bond donors (Lipinski definition) is 1. The maximum absolute atomic E-state index is 5.53. The summed E-state index contributed by atoms with van der Waals surface area (Å²) in [5, 5.41) is 3.56. The lowest BCUT2D eigenvalue weighted by Crippen LogP contribution is -2.31. The minimum absolute atomic E-state index is 0.623. The Balaban J connectivity index is 1.77. The molecule has 1 aromatic rings. The van der Waals surface area contributed by atoms with Crippen molar-refractivity contribution in [3.63, 3.8) is 0 Å². The molecule has 1 saturated carbocycles. The average Bonchev–Trinajstić information content (AvgIpc) is 2.84. The minimum atomic E-state index is 0.623. The van der Waals surface area contributed by atoms with Gasteiger partial charge in [0, 0.05) is 6.04 Å². The first-order valence-corrected chi connectivity index (χ1v) is 6.04. The van der Waals surface area contributed by atoms with E-state index in [1.165, 1.54) is 25.7 Å². The Labute approximate surface area is 92.1 Å². The average molecular weight is 207 g/mol. The first-order valence-electron chi connectivity index (χ1n) is 6.04. The van der Waals surface area contributed by atoms with E-state index in [2.05, 4.69) is 18.3 Å². The predicted octanol–water partition coefficient (Wildman–Crippen LogP) is 3.26. The largest absolute Gasteiger partial charge is 0.465 e. The second kappa shape index (κ2) is 4.84. The highest BCUT2D eigenvalue weighted by Gasteiger charge is 2.20. The van der Waals surface area contributed by atoms with E-state index in [0.29, 0.717) is 6.04 Å². The third-order valence-corrected chi connectivity index (χ3v) is 3.50. The molecule has 1 aromatic heterocycles. The highest BCUT2D eigenvalue weighted by Crippen LogP contribution is 2.27. The Morgan fingerprint density at radius 1 is 1.40 bits per heavy atom. The monoisotopic (exact) mass is 207 g/mol. The highest BCUT2D eigenvalue weighted by atomic mass is 16.3. The van der Waals surface area contributed by atoms with E-state index in [-0.39, 0.29) is 0 Å². The quantitative estimate of drug-likeness (QED) is 0.819. The van der Waals surface area contributed by atoms with Gasteiger partial charge in [-0.05, 0) is 44.7 Å². The van der Waals surface area contributed by atoms with Crippen LogP contribution in [-0.2, 0) is 6.54 Å². The van der Waals surface area contributed by atoms with Crippen molar-refractivity contribution in [1.29, 1.82) is 0 Å². The van der Waals surface area contributed by atoms with Gasteiger partial charge in [-0.25, -0.2) is 0 Å². The van der Waals surface area contributed by atoms with Gasteiger partial charge in [-0.3, -0.25) is 0 Å². The van der Waals surface area contributed by atoms with Crippen LogP contribution in [0.3, 0.4) is 0 Å². The first-order chi connectivity index (χ1) is 7.25. The molecular formula is C13H21NO. The van der Waals surface area contributed by atoms with Crippen LogP contribution in [0.1, 0.15) is 44.1 Å². The minimum Gasteiger partial charge on any atom is -0.465 e. The van der Waals surface area contributed by atoms with Crippen LogP contribution in [0.2, 0.25) is 0 Å². The van der Waals surface area contributed by atoms with Crippen LogP contribution in [0, 0.1) is 12.8 Å². The summed E-state index contributed by atoms with van der Waals surface area (Å²) in [6, 6.07) is 4.71. The second-order valence-electron chi connectivity index (χ2n) is 4.73. The Morgan fingerprint density at radius 2 is 2.13 bits per heavy atom. The van der Waals surface area contributed by atoms with Crippen molar-refractivity contribution in [3.8, 4) is 0 Å². The third kappa shape index (κ3) is 2.85. The summed E-state index contributed by atoms with van der Waals surface area (Å²) >= 11 is 0. The molecule has 1 aliphatic rings. The van der Waals surface area contributed by atoms with E-state index in [9.17, 15) is 0 Å². The van der Waals surface area contributed by atoms with Crippen molar-refractivity contribution in [1.82, 2.24) is 5.32 Å². The van der Waals surface area contributed by atoms with E-state index in [1.807, 2.05) is 13.0 Å². The van der Waals surface area contributed by atoms with Gasteiger partial charge in [0.25, 0.3) is 0 Å². The number of aryl methyl sites for hydroxylation is 1. The van der Waals surface area contributed by atoms with Gasteiger partial charge in [0.15, 0.2) is 0 Å². The third-order valence-electron chi connectivity index (χ3n) is 3.50. The smallest absolute Gasteiger partial charge is 0.117 e. The molecule has 0 spiro atoms. The Morgan fingerprint density at radius 3 is 2.73 bits per heavy atom. The molecule has 0 aromatic carbocycles. The number of nitrogens with one attached hydrogen (secondary N) is 1. The van der Waals surface area contributed by atoms with Gasteiger partial charge in [0.1, 0.15) is 11.5 Å². The summed E-state index contributed by atoms with van der Waals surface area (Å²) in [6.45, 7) is 5.15. The highest BCUT2D eigenvalue weighted by molar-refractivity contribution is 5.05. The van der Waals surface area contributed by atoms with Crippen molar-refractivity contribution in [2.24, 2.45) is 5.92 Å². The van der Waals surface area contributed by atoms with E-state index in [0.717, 1.165) is 24.0 Å². The SMILES string of the molecule is Cc1ccc(CN[C@@H](C)C2CCCC2)o1. The number of furan rings is 1. The Bertz CT molecular complexity index is 299. The molecule has 0 amide bonds. The lowest BCUT2D eigenvalue weighted by Gasteiger charge is -2.19. The molecule has 1 heterocycles. The summed E-state index contributed by atoms with van der Waals surface area (Å²) in [7, 11) is 0. The second-order valence-corrected chi connectivity index (χ2v) is 4.73. The van der Waals surface area contributed by atoms with Crippen LogP contribution < -0.4 is 5.32 Å². The lowest BCUT2D eigenvalue weighted by molar-refractivity contribution is 0.360. The maximum Gasteiger partial charge on any atom is 0.117 e. The zero-order valence-corrected chi connectivity index (χ0v) is 9.75. The zero-order chi connectivity index (χ0) is 10.7. The van der Waals surface area contributed by atoms with Gasteiger partial charge >= 0.3 is 0 Å². The molecule has 2 rings (SSSR count). The number of hydrogen-bond acceptors (Lipinski definition) is 2. The fraction of sp³-hybridized carbons (Fsp3) is 0.692. The van der Waals surface area contributed by atoms with Crippen LogP contribution in [0.15, 0.2) is 16.5 Å². The molecule has 1 atom stereocenters. The normalized spacial score (nSPS) is 19.6. The number of rotatable bonds is 4. The summed E-state index contributed by atoms with van der Waals surface area (Å²) in [6.07, 6.45) is 5.61. The lowest BCUT2D eigenvalue weighted by atomic mass is 10.00. The molecule has 0 saturated heterocycles. The fourth-order valence-electron chi connectivity index (χ4n) is 2.47.